The minimum absolute atomic E-state index is 0.0744. The molecule has 1 aromatic heterocycles. The van der Waals surface area contributed by atoms with Gasteiger partial charge in [-0.25, -0.2) is 12.7 Å². The third-order valence-corrected chi connectivity index (χ3v) is 6.53. The molecular formula is C14H24N2O3S2. The molecule has 0 N–H and O–H groups in total. The lowest BCUT2D eigenvalue weighted by molar-refractivity contribution is -0.130. The van der Waals surface area contributed by atoms with Crippen LogP contribution in [0.5, 0.6) is 0 Å². The summed E-state index contributed by atoms with van der Waals surface area (Å²) < 4.78 is 26.0. The smallest absolute Gasteiger partial charge is 0.252 e. The summed E-state index contributed by atoms with van der Waals surface area (Å²) in [5.41, 5.74) is 0. The topological polar surface area (TPSA) is 57.7 Å². The number of carbonyl (C=O) groups excluding carboxylic acids is 1. The molecule has 1 amide bonds. The molecule has 21 heavy (non-hydrogen) atoms. The van der Waals surface area contributed by atoms with Crippen LogP contribution in [0.3, 0.4) is 0 Å². The maximum atomic E-state index is 12.2. The number of nitrogens with zero attached hydrogens (tertiary/aromatic N) is 2. The predicted octanol–water partition coefficient (Wildman–Crippen LogP) is 2.41. The minimum atomic E-state index is -3.40. The van der Waals surface area contributed by atoms with E-state index in [0.717, 1.165) is 19.4 Å². The Balaban J connectivity index is 2.40. The average molecular weight is 332 g/mol. The fourth-order valence-electron chi connectivity index (χ4n) is 1.85. The van der Waals surface area contributed by atoms with Crippen molar-refractivity contribution in [1.82, 2.24) is 9.21 Å². The molecule has 0 aliphatic heterocycles. The summed E-state index contributed by atoms with van der Waals surface area (Å²) in [5.74, 6) is 0.0744. The highest BCUT2D eigenvalue weighted by Crippen LogP contribution is 2.20. The molecule has 1 heterocycles. The van der Waals surface area contributed by atoms with Crippen molar-refractivity contribution >= 4 is 27.3 Å². The van der Waals surface area contributed by atoms with E-state index in [9.17, 15) is 13.2 Å². The van der Waals surface area contributed by atoms with Crippen molar-refractivity contribution < 1.29 is 13.2 Å². The minimum Gasteiger partial charge on any atom is -0.346 e. The van der Waals surface area contributed by atoms with Crippen molar-refractivity contribution in [2.24, 2.45) is 0 Å². The molecule has 0 saturated heterocycles. The maximum Gasteiger partial charge on any atom is 0.252 e. The van der Waals surface area contributed by atoms with Gasteiger partial charge in [-0.2, -0.15) is 0 Å². The van der Waals surface area contributed by atoms with Gasteiger partial charge in [-0.3, -0.25) is 4.79 Å². The number of amides is 1. The number of hydrogen-bond acceptors (Lipinski definition) is 4. The average Bonchev–Trinajstić information content (AvgIpc) is 2.99. The molecule has 0 fully saturated rings. The van der Waals surface area contributed by atoms with E-state index in [4.69, 9.17) is 0 Å². The molecular weight excluding hydrogens is 308 g/mol. The molecule has 0 aromatic carbocycles. The van der Waals surface area contributed by atoms with Crippen molar-refractivity contribution in [3.63, 3.8) is 0 Å². The Hall–Kier alpha value is -0.920. The number of rotatable bonds is 9. The van der Waals surface area contributed by atoms with Gasteiger partial charge in [0, 0.05) is 33.6 Å². The van der Waals surface area contributed by atoms with Gasteiger partial charge in [-0.1, -0.05) is 19.4 Å². The Morgan fingerprint density at radius 3 is 2.52 bits per heavy atom. The van der Waals surface area contributed by atoms with E-state index in [1.165, 1.54) is 15.6 Å². The van der Waals surface area contributed by atoms with E-state index < -0.39 is 10.0 Å². The summed E-state index contributed by atoms with van der Waals surface area (Å²) in [6.07, 6.45) is 2.97. The Morgan fingerprint density at radius 1 is 1.24 bits per heavy atom. The van der Waals surface area contributed by atoms with E-state index in [2.05, 4.69) is 6.92 Å². The van der Waals surface area contributed by atoms with Crippen molar-refractivity contribution in [1.29, 1.82) is 0 Å². The zero-order valence-corrected chi connectivity index (χ0v) is 14.5. The van der Waals surface area contributed by atoms with Gasteiger partial charge in [0.25, 0.3) is 10.0 Å². The molecule has 0 aliphatic rings. The number of sulfonamides is 1. The molecule has 0 aliphatic carbocycles. The van der Waals surface area contributed by atoms with Crippen molar-refractivity contribution in [2.45, 2.75) is 36.8 Å². The summed E-state index contributed by atoms with van der Waals surface area (Å²) in [6.45, 7) is 3.20. The van der Waals surface area contributed by atoms with Gasteiger partial charge in [-0.15, -0.1) is 11.3 Å². The molecule has 120 valence electrons. The Bertz CT molecular complexity index is 526. The second-order valence-electron chi connectivity index (χ2n) is 5.03. The van der Waals surface area contributed by atoms with Crippen LogP contribution in [0.1, 0.15) is 32.6 Å². The maximum absolute atomic E-state index is 12.2. The molecule has 0 unspecified atom stereocenters. The normalized spacial score (nSPS) is 11.8. The third kappa shape index (κ3) is 5.41. The van der Waals surface area contributed by atoms with Crippen LogP contribution >= 0.6 is 11.3 Å². The first-order valence-electron chi connectivity index (χ1n) is 7.13. The lowest BCUT2D eigenvalue weighted by Crippen LogP contribution is -2.30. The predicted molar refractivity (Wildman–Crippen MR) is 85.9 cm³/mol. The summed E-state index contributed by atoms with van der Waals surface area (Å²) in [7, 11) is -0.0495. The van der Waals surface area contributed by atoms with Crippen LogP contribution in [0.25, 0.3) is 0 Å². The lowest BCUT2D eigenvalue weighted by Gasteiger charge is -2.18. The second-order valence-corrected chi connectivity index (χ2v) is 8.25. The highest BCUT2D eigenvalue weighted by molar-refractivity contribution is 7.91. The third-order valence-electron chi connectivity index (χ3n) is 3.30. The molecule has 1 rings (SSSR count). The molecule has 7 heteroatoms. The van der Waals surface area contributed by atoms with Crippen LogP contribution in [-0.4, -0.2) is 50.7 Å². The first-order valence-corrected chi connectivity index (χ1v) is 9.45. The van der Waals surface area contributed by atoms with Gasteiger partial charge in [0.15, 0.2) is 0 Å². The van der Waals surface area contributed by atoms with Gasteiger partial charge >= 0.3 is 0 Å². The van der Waals surface area contributed by atoms with E-state index >= 15 is 0 Å². The fourth-order valence-corrected chi connectivity index (χ4v) is 4.26. The quantitative estimate of drug-likeness (QED) is 0.698. The van der Waals surface area contributed by atoms with E-state index in [-0.39, 0.29) is 5.91 Å². The molecule has 0 spiro atoms. The van der Waals surface area contributed by atoms with Crippen LogP contribution in [0, 0.1) is 0 Å². The highest BCUT2D eigenvalue weighted by Gasteiger charge is 2.21. The SMILES string of the molecule is CCCCN(C)C(=O)CCCN(C)S(=O)(=O)c1cccs1. The van der Waals surface area contributed by atoms with Gasteiger partial charge in [0.05, 0.1) is 0 Å². The lowest BCUT2D eigenvalue weighted by atomic mass is 10.2. The van der Waals surface area contributed by atoms with Crippen LogP contribution in [0.4, 0.5) is 0 Å². The molecule has 0 atom stereocenters. The van der Waals surface area contributed by atoms with E-state index in [0.29, 0.717) is 23.6 Å². The number of hydrogen-bond donors (Lipinski definition) is 0. The zero-order valence-electron chi connectivity index (χ0n) is 12.9. The van der Waals surface area contributed by atoms with Crippen LogP contribution in [-0.2, 0) is 14.8 Å². The molecule has 5 nitrogen and oxygen atoms in total. The Morgan fingerprint density at radius 2 is 1.95 bits per heavy atom. The monoisotopic (exact) mass is 332 g/mol. The second kappa shape index (κ2) is 8.51. The van der Waals surface area contributed by atoms with Crippen LogP contribution < -0.4 is 0 Å². The highest BCUT2D eigenvalue weighted by atomic mass is 32.2. The first kappa shape index (κ1) is 18.1. The standard InChI is InChI=1S/C14H24N2O3S2/c1-4-5-10-15(2)13(17)8-6-11-16(3)21(18,19)14-9-7-12-20-14/h7,9,12H,4-6,8,10-11H2,1-3H3. The fraction of sp³-hybridized carbons (Fsp3) is 0.643. The van der Waals surface area contributed by atoms with E-state index in [1.807, 2.05) is 0 Å². The van der Waals surface area contributed by atoms with Crippen molar-refractivity contribution in [2.75, 3.05) is 27.2 Å². The Kier molecular flexibility index (Phi) is 7.34. The number of unbranched alkanes of at least 4 members (excludes halogenated alkanes) is 1. The van der Waals surface area contributed by atoms with E-state index in [1.54, 1.807) is 36.5 Å². The summed E-state index contributed by atoms with van der Waals surface area (Å²) in [5, 5.41) is 1.74. The Labute approximate surface area is 131 Å². The summed E-state index contributed by atoms with van der Waals surface area (Å²) >= 11 is 1.21. The van der Waals surface area contributed by atoms with Crippen molar-refractivity contribution in [3.05, 3.63) is 17.5 Å². The zero-order chi connectivity index (χ0) is 15.9. The number of thiophene rings is 1. The van der Waals surface area contributed by atoms with Gasteiger partial charge < -0.3 is 4.90 Å². The van der Waals surface area contributed by atoms with Gasteiger partial charge in [0.1, 0.15) is 4.21 Å². The molecule has 0 bridgehead atoms. The van der Waals surface area contributed by atoms with Gasteiger partial charge in [0.2, 0.25) is 5.91 Å². The largest absolute Gasteiger partial charge is 0.346 e. The van der Waals surface area contributed by atoms with Crippen molar-refractivity contribution in [3.8, 4) is 0 Å². The number of carbonyl (C=O) groups is 1. The van der Waals surface area contributed by atoms with Gasteiger partial charge in [-0.05, 0) is 24.3 Å². The molecule has 0 saturated carbocycles. The van der Waals surface area contributed by atoms with Crippen LogP contribution in [0.15, 0.2) is 21.7 Å². The molecule has 1 aromatic rings. The van der Waals surface area contributed by atoms with Crippen LogP contribution in [0.2, 0.25) is 0 Å². The molecule has 0 radical (unpaired) electrons. The first-order chi connectivity index (χ1) is 9.89. The summed E-state index contributed by atoms with van der Waals surface area (Å²) in [4.78, 5) is 13.6. The summed E-state index contributed by atoms with van der Waals surface area (Å²) in [6, 6.07) is 3.32.